The molecule has 0 aliphatic carbocycles. The predicted octanol–water partition coefficient (Wildman–Crippen LogP) is 10.6. The van der Waals surface area contributed by atoms with Gasteiger partial charge in [0, 0.05) is 17.4 Å². The number of ether oxygens (including phenoxy) is 1. The van der Waals surface area contributed by atoms with Gasteiger partial charge in [-0.15, -0.1) is 16.4 Å². The highest BCUT2D eigenvalue weighted by Crippen LogP contribution is 2.43. The van der Waals surface area contributed by atoms with E-state index in [0.29, 0.717) is 29.9 Å². The van der Waals surface area contributed by atoms with Gasteiger partial charge in [0.15, 0.2) is 5.82 Å². The summed E-state index contributed by atoms with van der Waals surface area (Å²) in [4.78, 5) is 19.3. The van der Waals surface area contributed by atoms with Crippen molar-refractivity contribution in [2.45, 2.75) is 44.9 Å². The molecule has 9 heteroatoms. The molecular formula is C50H42N6O2S. The summed E-state index contributed by atoms with van der Waals surface area (Å²) in [6, 6.07) is 55.8. The van der Waals surface area contributed by atoms with E-state index >= 15 is 0 Å². The van der Waals surface area contributed by atoms with Crippen LogP contribution in [0, 0.1) is 0 Å². The largest absolute Gasteiger partial charge is 0.488 e. The Labute approximate surface area is 347 Å². The molecule has 9 aromatic rings. The molecule has 0 saturated carbocycles. The van der Waals surface area contributed by atoms with E-state index in [-0.39, 0.29) is 5.56 Å². The van der Waals surface area contributed by atoms with Gasteiger partial charge < -0.3 is 4.74 Å². The average Bonchev–Trinajstić information content (AvgIpc) is 4.02. The number of unbranched alkanes of at least 4 members (excludes halogenated alkanes) is 1. The lowest BCUT2D eigenvalue weighted by atomic mass is 9.77. The minimum Gasteiger partial charge on any atom is -0.488 e. The lowest BCUT2D eigenvalue weighted by molar-refractivity contribution is 0.308. The third kappa shape index (κ3) is 7.37. The lowest BCUT2D eigenvalue weighted by Gasteiger charge is -2.36. The highest BCUT2D eigenvalue weighted by Gasteiger charge is 2.42. The number of aryl methyl sites for hydroxylation is 1. The maximum atomic E-state index is 14.2. The first-order valence-corrected chi connectivity index (χ1v) is 20.9. The number of rotatable bonds is 14. The molecule has 6 aromatic carbocycles. The standard InChI is InChI=1S/C50H42N6O2S/c1-2-3-23-47-51-46-29-26-37(34-58-42-30-31-59-35-42)32-45(46)49(57)55(47)33-36-24-27-38(28-25-36)43-21-13-14-22-44(43)48-52-53-54-56(48)50(39-15-7-4-8-16-39,40-17-9-5-10-18-40)41-19-11-6-12-20-41/h4-22,24-32,35H,2-3,23,33-34H2,1H3. The molecule has 0 aliphatic heterocycles. The smallest absolute Gasteiger partial charge is 0.261 e. The van der Waals surface area contributed by atoms with Gasteiger partial charge in [-0.2, -0.15) is 0 Å². The van der Waals surface area contributed by atoms with Gasteiger partial charge in [-0.25, -0.2) is 9.67 Å². The topological polar surface area (TPSA) is 87.7 Å². The molecule has 3 aromatic heterocycles. The Morgan fingerprint density at radius 2 is 1.32 bits per heavy atom. The molecule has 290 valence electrons. The maximum Gasteiger partial charge on any atom is 0.261 e. The highest BCUT2D eigenvalue weighted by molar-refractivity contribution is 7.08. The van der Waals surface area contributed by atoms with Gasteiger partial charge in [0.2, 0.25) is 0 Å². The Kier molecular flexibility index (Phi) is 10.7. The quantitative estimate of drug-likeness (QED) is 0.102. The first-order valence-electron chi connectivity index (χ1n) is 19.9. The normalized spacial score (nSPS) is 11.5. The second-order valence-corrected chi connectivity index (χ2v) is 15.4. The van der Waals surface area contributed by atoms with Crippen LogP contribution in [-0.4, -0.2) is 29.8 Å². The van der Waals surface area contributed by atoms with Crippen molar-refractivity contribution in [1.82, 2.24) is 29.8 Å². The van der Waals surface area contributed by atoms with Crippen LogP contribution in [0.1, 0.15) is 53.4 Å². The molecule has 0 unspecified atom stereocenters. The Bertz CT molecular complexity index is 2760. The average molecular weight is 791 g/mol. The van der Waals surface area contributed by atoms with Gasteiger partial charge >= 0.3 is 0 Å². The summed E-state index contributed by atoms with van der Waals surface area (Å²) in [5.74, 6) is 2.26. The molecule has 0 aliphatic rings. The Hall–Kier alpha value is -6.97. The molecule has 0 atom stereocenters. The molecule has 0 saturated heterocycles. The van der Waals surface area contributed by atoms with Crippen molar-refractivity contribution in [1.29, 1.82) is 0 Å². The van der Waals surface area contributed by atoms with Crippen LogP contribution in [0.25, 0.3) is 33.4 Å². The Morgan fingerprint density at radius 1 is 0.695 bits per heavy atom. The van der Waals surface area contributed by atoms with Crippen molar-refractivity contribution in [2.75, 3.05) is 0 Å². The zero-order valence-electron chi connectivity index (χ0n) is 32.7. The Morgan fingerprint density at radius 3 is 1.95 bits per heavy atom. The summed E-state index contributed by atoms with van der Waals surface area (Å²) in [6.45, 7) is 2.94. The molecule has 0 bridgehead atoms. The van der Waals surface area contributed by atoms with E-state index in [0.717, 1.165) is 75.3 Å². The maximum absolute atomic E-state index is 14.2. The van der Waals surface area contributed by atoms with Gasteiger partial charge in [-0.1, -0.05) is 159 Å². The van der Waals surface area contributed by atoms with E-state index in [2.05, 4.69) is 121 Å². The fraction of sp³-hybridized carbons (Fsp3) is 0.140. The number of fused-ring (bicyclic) bond motifs is 1. The van der Waals surface area contributed by atoms with Crippen LogP contribution in [-0.2, 0) is 25.1 Å². The zero-order chi connectivity index (χ0) is 40.0. The summed E-state index contributed by atoms with van der Waals surface area (Å²) in [5.41, 5.74) is 7.72. The van der Waals surface area contributed by atoms with Crippen LogP contribution >= 0.6 is 11.3 Å². The minimum absolute atomic E-state index is 0.0431. The van der Waals surface area contributed by atoms with Gasteiger partial charge in [0.25, 0.3) is 5.56 Å². The lowest BCUT2D eigenvalue weighted by Crippen LogP contribution is -2.39. The van der Waals surface area contributed by atoms with Crippen molar-refractivity contribution in [3.63, 3.8) is 0 Å². The molecule has 0 fully saturated rings. The monoisotopic (exact) mass is 790 g/mol. The molecule has 3 heterocycles. The van der Waals surface area contributed by atoms with Crippen LogP contribution in [0.4, 0.5) is 0 Å². The van der Waals surface area contributed by atoms with Crippen LogP contribution < -0.4 is 10.3 Å². The van der Waals surface area contributed by atoms with Crippen LogP contribution in [0.2, 0.25) is 0 Å². The summed E-state index contributed by atoms with van der Waals surface area (Å²) in [6.07, 6.45) is 2.68. The second kappa shape index (κ2) is 16.9. The van der Waals surface area contributed by atoms with Gasteiger partial charge in [-0.05, 0) is 79.4 Å². The minimum atomic E-state index is -0.881. The highest BCUT2D eigenvalue weighted by atomic mass is 32.1. The molecule has 0 radical (unpaired) electrons. The van der Waals surface area contributed by atoms with Crippen molar-refractivity contribution in [3.05, 3.63) is 219 Å². The SMILES string of the molecule is CCCCc1nc2ccc(COc3ccsc3)cc2c(=O)n1Cc1ccc(-c2ccccc2-c2nnnn2C(c2ccccc2)(c2ccccc2)c2ccccc2)cc1. The zero-order valence-corrected chi connectivity index (χ0v) is 33.5. The van der Waals surface area contributed by atoms with Crippen molar-refractivity contribution in [3.8, 4) is 28.3 Å². The predicted molar refractivity (Wildman–Crippen MR) is 236 cm³/mol. The number of hydrogen-bond acceptors (Lipinski definition) is 7. The number of tetrazole rings is 1. The number of benzene rings is 6. The van der Waals surface area contributed by atoms with E-state index in [9.17, 15) is 4.79 Å². The first-order chi connectivity index (χ1) is 29.1. The van der Waals surface area contributed by atoms with E-state index in [1.54, 1.807) is 11.3 Å². The van der Waals surface area contributed by atoms with Crippen LogP contribution in [0.15, 0.2) is 179 Å². The summed E-state index contributed by atoms with van der Waals surface area (Å²) in [7, 11) is 0. The van der Waals surface area contributed by atoms with E-state index in [1.165, 1.54) is 0 Å². The first kappa shape index (κ1) is 37.6. The second-order valence-electron chi connectivity index (χ2n) is 14.6. The summed E-state index contributed by atoms with van der Waals surface area (Å²) < 4.78 is 9.77. The van der Waals surface area contributed by atoms with Crippen molar-refractivity contribution >= 4 is 22.2 Å². The van der Waals surface area contributed by atoms with E-state index in [4.69, 9.17) is 20.0 Å². The molecule has 0 amide bonds. The molecule has 0 N–H and O–H groups in total. The third-order valence-corrected chi connectivity index (χ3v) is 11.5. The number of hydrogen-bond donors (Lipinski definition) is 0. The number of thiophene rings is 1. The fourth-order valence-electron chi connectivity index (χ4n) is 7.98. The van der Waals surface area contributed by atoms with E-state index < -0.39 is 5.54 Å². The molecular weight excluding hydrogens is 749 g/mol. The summed E-state index contributed by atoms with van der Waals surface area (Å²) in [5, 5.41) is 18.4. The number of nitrogens with zero attached hydrogens (tertiary/aromatic N) is 6. The van der Waals surface area contributed by atoms with Gasteiger partial charge in [-0.3, -0.25) is 9.36 Å². The van der Waals surface area contributed by atoms with Gasteiger partial charge in [0.1, 0.15) is 23.7 Å². The summed E-state index contributed by atoms with van der Waals surface area (Å²) >= 11 is 1.59. The molecule has 8 nitrogen and oxygen atoms in total. The molecule has 0 spiro atoms. The number of aromatic nitrogens is 6. The molecule has 9 rings (SSSR count). The van der Waals surface area contributed by atoms with Crippen molar-refractivity contribution < 1.29 is 4.74 Å². The fourth-order valence-corrected chi connectivity index (χ4v) is 8.55. The van der Waals surface area contributed by atoms with Crippen LogP contribution in [0.5, 0.6) is 5.75 Å². The van der Waals surface area contributed by atoms with Crippen molar-refractivity contribution in [2.24, 2.45) is 0 Å². The molecule has 59 heavy (non-hydrogen) atoms. The Balaban J connectivity index is 1.09. The van der Waals surface area contributed by atoms with Gasteiger partial charge in [0.05, 0.1) is 17.4 Å². The van der Waals surface area contributed by atoms with Crippen LogP contribution in [0.3, 0.4) is 0 Å². The third-order valence-electron chi connectivity index (χ3n) is 10.9. The van der Waals surface area contributed by atoms with E-state index in [1.807, 2.05) is 74.6 Å².